The largest absolute Gasteiger partial charge is 0.489 e. The fourth-order valence-corrected chi connectivity index (χ4v) is 2.11. The van der Waals surface area contributed by atoms with Crippen LogP contribution >= 0.6 is 22.6 Å². The van der Waals surface area contributed by atoms with Gasteiger partial charge in [-0.25, -0.2) is 0 Å². The molecule has 2 N–H and O–H groups in total. The lowest BCUT2D eigenvalue weighted by Crippen LogP contribution is -2.03. The van der Waals surface area contributed by atoms with Gasteiger partial charge >= 0.3 is 0 Å². The Balaban J connectivity index is 2.08. The van der Waals surface area contributed by atoms with Crippen molar-refractivity contribution in [3.8, 4) is 5.75 Å². The van der Waals surface area contributed by atoms with Gasteiger partial charge in [0, 0.05) is 15.7 Å². The summed E-state index contributed by atoms with van der Waals surface area (Å²) < 4.78 is 7.06. The summed E-state index contributed by atoms with van der Waals surface area (Å²) in [6.45, 7) is 3.14. The Hall–Kier alpha value is -1.07. The van der Waals surface area contributed by atoms with Crippen molar-refractivity contribution in [3.63, 3.8) is 0 Å². The van der Waals surface area contributed by atoms with Crippen molar-refractivity contribution in [2.75, 3.05) is 0 Å². The molecule has 0 aromatic heterocycles. The van der Waals surface area contributed by atoms with Crippen molar-refractivity contribution < 1.29 is 4.74 Å². The molecule has 3 heteroatoms. The molecule has 2 rings (SSSR count). The second-order valence-electron chi connectivity index (χ2n) is 4.23. The second kappa shape index (κ2) is 6.20. The van der Waals surface area contributed by atoms with Crippen molar-refractivity contribution in [1.29, 1.82) is 0 Å². The first-order valence-electron chi connectivity index (χ1n) is 5.86. The van der Waals surface area contributed by atoms with Crippen LogP contribution < -0.4 is 10.5 Å². The van der Waals surface area contributed by atoms with Crippen LogP contribution in [-0.2, 0) is 13.2 Å². The molecular weight excluding hydrogens is 337 g/mol. The summed E-state index contributed by atoms with van der Waals surface area (Å²) in [4.78, 5) is 0. The Morgan fingerprint density at radius 3 is 2.50 bits per heavy atom. The SMILES string of the molecule is Cc1ccc(OCc2ccc(I)cc2)c(CN)c1. The van der Waals surface area contributed by atoms with E-state index in [0.29, 0.717) is 13.2 Å². The van der Waals surface area contributed by atoms with Crippen molar-refractivity contribution in [2.24, 2.45) is 5.73 Å². The molecule has 0 bridgehead atoms. The number of rotatable bonds is 4. The maximum atomic E-state index is 5.83. The fourth-order valence-electron chi connectivity index (χ4n) is 1.75. The lowest BCUT2D eigenvalue weighted by atomic mass is 10.1. The van der Waals surface area contributed by atoms with E-state index < -0.39 is 0 Å². The molecule has 0 atom stereocenters. The van der Waals surface area contributed by atoms with Crippen LogP contribution in [-0.4, -0.2) is 0 Å². The summed E-state index contributed by atoms with van der Waals surface area (Å²) in [6, 6.07) is 14.4. The molecule has 2 aromatic carbocycles. The molecule has 0 aliphatic carbocycles. The van der Waals surface area contributed by atoms with E-state index in [1.54, 1.807) is 0 Å². The average Bonchev–Trinajstić information content (AvgIpc) is 2.39. The molecule has 2 aromatic rings. The van der Waals surface area contributed by atoms with Gasteiger partial charge in [-0.15, -0.1) is 0 Å². The average molecular weight is 353 g/mol. The minimum Gasteiger partial charge on any atom is -0.489 e. The molecule has 0 unspecified atom stereocenters. The van der Waals surface area contributed by atoms with Crippen LogP contribution in [0.1, 0.15) is 16.7 Å². The van der Waals surface area contributed by atoms with Gasteiger partial charge in [-0.2, -0.15) is 0 Å². The smallest absolute Gasteiger partial charge is 0.124 e. The van der Waals surface area contributed by atoms with Crippen molar-refractivity contribution in [1.82, 2.24) is 0 Å². The summed E-state index contributed by atoms with van der Waals surface area (Å²) in [5.41, 5.74) is 9.15. The van der Waals surface area contributed by atoms with E-state index in [4.69, 9.17) is 10.5 Å². The maximum absolute atomic E-state index is 5.83. The molecule has 0 saturated carbocycles. The van der Waals surface area contributed by atoms with Gasteiger partial charge < -0.3 is 10.5 Å². The zero-order valence-corrected chi connectivity index (χ0v) is 12.5. The Morgan fingerprint density at radius 2 is 1.83 bits per heavy atom. The molecule has 94 valence electrons. The highest BCUT2D eigenvalue weighted by Crippen LogP contribution is 2.21. The van der Waals surface area contributed by atoms with Gasteiger partial charge in [0.15, 0.2) is 0 Å². The highest BCUT2D eigenvalue weighted by Gasteiger charge is 2.03. The topological polar surface area (TPSA) is 35.2 Å². The van der Waals surface area contributed by atoms with Gasteiger partial charge in [0.25, 0.3) is 0 Å². The van der Waals surface area contributed by atoms with Crippen LogP contribution in [0.5, 0.6) is 5.75 Å². The lowest BCUT2D eigenvalue weighted by molar-refractivity contribution is 0.303. The highest BCUT2D eigenvalue weighted by molar-refractivity contribution is 14.1. The third-order valence-electron chi connectivity index (χ3n) is 2.74. The summed E-state index contributed by atoms with van der Waals surface area (Å²) >= 11 is 2.29. The Labute approximate surface area is 121 Å². The van der Waals surface area contributed by atoms with Gasteiger partial charge in [-0.05, 0) is 53.3 Å². The molecule has 0 radical (unpaired) electrons. The van der Waals surface area contributed by atoms with Gasteiger partial charge in [0.05, 0.1) is 0 Å². The number of halogens is 1. The molecule has 0 heterocycles. The fraction of sp³-hybridized carbons (Fsp3) is 0.200. The van der Waals surface area contributed by atoms with Gasteiger partial charge in [0.1, 0.15) is 12.4 Å². The first kappa shape index (κ1) is 13.4. The first-order chi connectivity index (χ1) is 8.69. The Bertz CT molecular complexity index is 523. The zero-order chi connectivity index (χ0) is 13.0. The Kier molecular flexibility index (Phi) is 4.60. The van der Waals surface area contributed by atoms with Gasteiger partial charge in [-0.3, -0.25) is 0 Å². The van der Waals surface area contributed by atoms with Crippen LogP contribution in [0.2, 0.25) is 0 Å². The number of benzene rings is 2. The minimum absolute atomic E-state index is 0.504. The monoisotopic (exact) mass is 353 g/mol. The lowest BCUT2D eigenvalue weighted by Gasteiger charge is -2.11. The molecule has 2 nitrogen and oxygen atoms in total. The van der Waals surface area contributed by atoms with Crippen LogP contribution in [0, 0.1) is 10.5 Å². The second-order valence-corrected chi connectivity index (χ2v) is 5.48. The molecule has 0 fully saturated rings. The number of aryl methyl sites for hydroxylation is 1. The van der Waals surface area contributed by atoms with Crippen molar-refractivity contribution in [3.05, 3.63) is 62.7 Å². The minimum atomic E-state index is 0.504. The van der Waals surface area contributed by atoms with Crippen molar-refractivity contribution >= 4 is 22.6 Å². The van der Waals surface area contributed by atoms with E-state index in [1.165, 1.54) is 14.7 Å². The Morgan fingerprint density at radius 1 is 1.11 bits per heavy atom. The normalized spacial score (nSPS) is 10.4. The van der Waals surface area contributed by atoms with Crippen LogP contribution in [0.25, 0.3) is 0 Å². The quantitative estimate of drug-likeness (QED) is 0.852. The van der Waals surface area contributed by atoms with Gasteiger partial charge in [-0.1, -0.05) is 29.8 Å². The van der Waals surface area contributed by atoms with Crippen molar-refractivity contribution in [2.45, 2.75) is 20.1 Å². The third kappa shape index (κ3) is 3.46. The molecule has 0 aliphatic heterocycles. The first-order valence-corrected chi connectivity index (χ1v) is 6.94. The summed E-state index contributed by atoms with van der Waals surface area (Å²) in [6.07, 6.45) is 0. The predicted molar refractivity (Wildman–Crippen MR) is 82.6 cm³/mol. The maximum Gasteiger partial charge on any atom is 0.124 e. The molecule has 0 aliphatic rings. The number of ether oxygens (including phenoxy) is 1. The number of hydrogen-bond donors (Lipinski definition) is 1. The van der Waals surface area contributed by atoms with Crippen LogP contribution in [0.15, 0.2) is 42.5 Å². The molecule has 0 spiro atoms. The molecule has 0 amide bonds. The van der Waals surface area contributed by atoms with E-state index in [9.17, 15) is 0 Å². The van der Waals surface area contributed by atoms with Gasteiger partial charge in [0.2, 0.25) is 0 Å². The van der Waals surface area contributed by atoms with E-state index in [2.05, 4.69) is 59.8 Å². The van der Waals surface area contributed by atoms with E-state index in [-0.39, 0.29) is 0 Å². The van der Waals surface area contributed by atoms with Crippen LogP contribution in [0.4, 0.5) is 0 Å². The summed E-state index contributed by atoms with van der Waals surface area (Å²) in [5, 5.41) is 0. The number of nitrogens with two attached hydrogens (primary N) is 1. The summed E-state index contributed by atoms with van der Waals surface area (Å²) in [7, 11) is 0. The third-order valence-corrected chi connectivity index (χ3v) is 3.46. The highest BCUT2D eigenvalue weighted by atomic mass is 127. The van der Waals surface area contributed by atoms with E-state index in [0.717, 1.165) is 11.3 Å². The molecular formula is C15H16INO. The molecule has 0 saturated heterocycles. The van der Waals surface area contributed by atoms with Crippen LogP contribution in [0.3, 0.4) is 0 Å². The predicted octanol–water partition coefficient (Wildman–Crippen LogP) is 3.64. The molecule has 18 heavy (non-hydrogen) atoms. The number of hydrogen-bond acceptors (Lipinski definition) is 2. The zero-order valence-electron chi connectivity index (χ0n) is 10.3. The summed E-state index contributed by atoms with van der Waals surface area (Å²) in [5.74, 6) is 0.877. The van der Waals surface area contributed by atoms with E-state index >= 15 is 0 Å². The van der Waals surface area contributed by atoms with E-state index in [1.807, 2.05) is 12.1 Å². The standard InChI is InChI=1S/C15H16INO/c1-11-2-7-15(13(8-11)9-17)18-10-12-3-5-14(16)6-4-12/h2-8H,9-10,17H2,1H3.